The van der Waals surface area contributed by atoms with Gasteiger partial charge in [-0.25, -0.2) is 12.7 Å². The summed E-state index contributed by atoms with van der Waals surface area (Å²) in [5.41, 5.74) is 1.78. The summed E-state index contributed by atoms with van der Waals surface area (Å²) in [6.45, 7) is 2.57. The average molecular weight is 392 g/mol. The Bertz CT molecular complexity index is 893. The summed E-state index contributed by atoms with van der Waals surface area (Å²) in [6, 6.07) is 11.5. The Labute approximate surface area is 160 Å². The number of ether oxygens (including phenoxy) is 2. The fourth-order valence-electron chi connectivity index (χ4n) is 2.38. The fraction of sp³-hybridized carbons (Fsp3) is 0.316. The first-order valence-corrected chi connectivity index (χ1v) is 9.82. The summed E-state index contributed by atoms with van der Waals surface area (Å²) < 4.78 is 36.7. The Morgan fingerprint density at radius 3 is 2.33 bits per heavy atom. The molecule has 0 aliphatic heterocycles. The molecule has 0 aliphatic rings. The van der Waals surface area contributed by atoms with Crippen LogP contribution in [0.4, 0.5) is 5.69 Å². The molecule has 2 aromatic rings. The minimum absolute atomic E-state index is 0.00240. The van der Waals surface area contributed by atoms with Crippen molar-refractivity contribution in [3.05, 3.63) is 53.6 Å². The van der Waals surface area contributed by atoms with Crippen molar-refractivity contribution in [2.45, 2.75) is 18.4 Å². The standard InChI is InChI=1S/C19H24N2O5S/c1-5-26-17-11-10-16(12-18(17)27(23,24)21(2)3)20-19(22)15-8-6-14(7-9-15)13-25-4/h6-12H,5,13H2,1-4H3,(H,20,22). The summed E-state index contributed by atoms with van der Waals surface area (Å²) in [7, 11) is 0.766. The van der Waals surface area contributed by atoms with Crippen LogP contribution in [-0.2, 0) is 21.4 Å². The van der Waals surface area contributed by atoms with Gasteiger partial charge in [-0.15, -0.1) is 0 Å². The molecule has 1 N–H and O–H groups in total. The molecule has 0 saturated heterocycles. The van der Waals surface area contributed by atoms with E-state index in [4.69, 9.17) is 9.47 Å². The van der Waals surface area contributed by atoms with Gasteiger partial charge in [-0.3, -0.25) is 4.79 Å². The molecule has 2 aromatic carbocycles. The highest BCUT2D eigenvalue weighted by atomic mass is 32.2. The van der Waals surface area contributed by atoms with E-state index in [2.05, 4.69) is 5.32 Å². The zero-order valence-electron chi connectivity index (χ0n) is 15.9. The van der Waals surface area contributed by atoms with E-state index >= 15 is 0 Å². The van der Waals surface area contributed by atoms with Crippen LogP contribution < -0.4 is 10.1 Å². The zero-order chi connectivity index (χ0) is 20.0. The van der Waals surface area contributed by atoms with E-state index in [1.165, 1.54) is 26.2 Å². The van der Waals surface area contributed by atoms with Gasteiger partial charge in [0.05, 0.1) is 13.2 Å². The van der Waals surface area contributed by atoms with Crippen molar-refractivity contribution < 1.29 is 22.7 Å². The van der Waals surface area contributed by atoms with E-state index < -0.39 is 10.0 Å². The molecule has 1 amide bonds. The van der Waals surface area contributed by atoms with E-state index in [0.717, 1.165) is 9.87 Å². The summed E-state index contributed by atoms with van der Waals surface area (Å²) >= 11 is 0. The molecule has 7 nitrogen and oxygen atoms in total. The smallest absolute Gasteiger partial charge is 0.255 e. The Morgan fingerprint density at radius 1 is 1.11 bits per heavy atom. The van der Waals surface area contributed by atoms with Crippen LogP contribution >= 0.6 is 0 Å². The van der Waals surface area contributed by atoms with E-state index in [9.17, 15) is 13.2 Å². The third kappa shape index (κ3) is 5.06. The first kappa shape index (κ1) is 20.9. The lowest BCUT2D eigenvalue weighted by Gasteiger charge is -2.16. The molecule has 0 aliphatic carbocycles. The highest BCUT2D eigenvalue weighted by Crippen LogP contribution is 2.29. The van der Waals surface area contributed by atoms with Crippen LogP contribution in [0.25, 0.3) is 0 Å². The normalized spacial score (nSPS) is 11.4. The maximum absolute atomic E-state index is 12.6. The first-order chi connectivity index (χ1) is 12.8. The molecule has 2 rings (SSSR count). The molecule has 0 fully saturated rings. The van der Waals surface area contributed by atoms with E-state index in [1.54, 1.807) is 44.4 Å². The van der Waals surface area contributed by atoms with Crippen molar-refractivity contribution >= 4 is 21.6 Å². The lowest BCUT2D eigenvalue weighted by atomic mass is 10.1. The van der Waals surface area contributed by atoms with Gasteiger partial charge in [0.1, 0.15) is 10.6 Å². The minimum Gasteiger partial charge on any atom is -0.492 e. The number of rotatable bonds is 8. The molecule has 0 aromatic heterocycles. The van der Waals surface area contributed by atoms with Crippen molar-refractivity contribution in [1.82, 2.24) is 4.31 Å². The van der Waals surface area contributed by atoms with Gasteiger partial charge in [0.2, 0.25) is 10.0 Å². The van der Waals surface area contributed by atoms with Crippen LogP contribution in [0, 0.1) is 0 Å². The Hall–Kier alpha value is -2.42. The quantitative estimate of drug-likeness (QED) is 0.747. The molecule has 0 heterocycles. The number of sulfonamides is 1. The lowest BCUT2D eigenvalue weighted by molar-refractivity contribution is 0.102. The van der Waals surface area contributed by atoms with Crippen molar-refractivity contribution in [2.24, 2.45) is 0 Å². The predicted molar refractivity (Wildman–Crippen MR) is 104 cm³/mol. The molecule has 8 heteroatoms. The number of carbonyl (C=O) groups excluding carboxylic acids is 1. The Morgan fingerprint density at radius 2 is 1.78 bits per heavy atom. The largest absolute Gasteiger partial charge is 0.492 e. The summed E-state index contributed by atoms with van der Waals surface area (Å²) in [5.74, 6) is -0.0931. The summed E-state index contributed by atoms with van der Waals surface area (Å²) in [4.78, 5) is 12.5. The van der Waals surface area contributed by atoms with Crippen LogP contribution in [0.5, 0.6) is 5.75 Å². The van der Waals surface area contributed by atoms with E-state index in [-0.39, 0.29) is 16.6 Å². The number of nitrogens with zero attached hydrogens (tertiary/aromatic N) is 1. The van der Waals surface area contributed by atoms with Crippen molar-refractivity contribution in [3.63, 3.8) is 0 Å². The van der Waals surface area contributed by atoms with Gasteiger partial charge in [0, 0.05) is 32.5 Å². The molecule has 0 unspecified atom stereocenters. The van der Waals surface area contributed by atoms with Crippen LogP contribution in [0.15, 0.2) is 47.4 Å². The van der Waals surface area contributed by atoms with E-state index in [0.29, 0.717) is 24.5 Å². The van der Waals surface area contributed by atoms with Crippen LogP contribution in [0.2, 0.25) is 0 Å². The predicted octanol–water partition coefficient (Wildman–Crippen LogP) is 2.73. The highest BCUT2D eigenvalue weighted by Gasteiger charge is 2.23. The summed E-state index contributed by atoms with van der Waals surface area (Å²) in [5, 5.41) is 2.72. The molecule has 0 atom stereocenters. The monoisotopic (exact) mass is 392 g/mol. The third-order valence-electron chi connectivity index (χ3n) is 3.79. The van der Waals surface area contributed by atoms with E-state index in [1.807, 2.05) is 0 Å². The maximum atomic E-state index is 12.6. The maximum Gasteiger partial charge on any atom is 0.255 e. The Kier molecular flexibility index (Phi) is 6.95. The van der Waals surface area contributed by atoms with Crippen LogP contribution in [0.1, 0.15) is 22.8 Å². The average Bonchev–Trinajstić information content (AvgIpc) is 2.63. The number of hydrogen-bond acceptors (Lipinski definition) is 5. The molecule has 146 valence electrons. The van der Waals surface area contributed by atoms with Gasteiger partial charge in [-0.05, 0) is 42.8 Å². The number of methoxy groups -OCH3 is 1. The van der Waals surface area contributed by atoms with Crippen molar-refractivity contribution in [3.8, 4) is 5.75 Å². The Balaban J connectivity index is 2.29. The van der Waals surface area contributed by atoms with Crippen molar-refractivity contribution in [1.29, 1.82) is 0 Å². The lowest BCUT2D eigenvalue weighted by Crippen LogP contribution is -2.23. The van der Waals surface area contributed by atoms with Gasteiger partial charge < -0.3 is 14.8 Å². The van der Waals surface area contributed by atoms with Crippen LogP contribution in [-0.4, -0.2) is 46.4 Å². The van der Waals surface area contributed by atoms with Gasteiger partial charge in [-0.1, -0.05) is 12.1 Å². The topological polar surface area (TPSA) is 84.9 Å². The second-order valence-corrected chi connectivity index (χ2v) is 8.09. The third-order valence-corrected chi connectivity index (χ3v) is 5.62. The number of amides is 1. The molecule has 0 spiro atoms. The summed E-state index contributed by atoms with van der Waals surface area (Å²) in [6.07, 6.45) is 0. The minimum atomic E-state index is -3.72. The molecule has 27 heavy (non-hydrogen) atoms. The molecule has 0 saturated carbocycles. The number of nitrogens with one attached hydrogen (secondary N) is 1. The number of anilines is 1. The number of benzene rings is 2. The second kappa shape index (κ2) is 8.98. The molecule has 0 bridgehead atoms. The van der Waals surface area contributed by atoms with Gasteiger partial charge >= 0.3 is 0 Å². The SMILES string of the molecule is CCOc1ccc(NC(=O)c2ccc(COC)cc2)cc1S(=O)(=O)N(C)C. The molecule has 0 radical (unpaired) electrons. The first-order valence-electron chi connectivity index (χ1n) is 8.38. The fourth-order valence-corrected chi connectivity index (χ4v) is 3.43. The van der Waals surface area contributed by atoms with Crippen molar-refractivity contribution in [2.75, 3.05) is 33.1 Å². The van der Waals surface area contributed by atoms with Gasteiger partial charge in [0.15, 0.2) is 0 Å². The zero-order valence-corrected chi connectivity index (χ0v) is 16.7. The number of hydrogen-bond donors (Lipinski definition) is 1. The molecular weight excluding hydrogens is 368 g/mol. The molecular formula is C19H24N2O5S. The van der Waals surface area contributed by atoms with Gasteiger partial charge in [-0.2, -0.15) is 0 Å². The van der Waals surface area contributed by atoms with Crippen LogP contribution in [0.3, 0.4) is 0 Å². The highest BCUT2D eigenvalue weighted by molar-refractivity contribution is 7.89. The second-order valence-electron chi connectivity index (χ2n) is 5.97. The van der Waals surface area contributed by atoms with Gasteiger partial charge in [0.25, 0.3) is 5.91 Å². The number of carbonyl (C=O) groups is 1.